The van der Waals surface area contributed by atoms with E-state index in [2.05, 4.69) is 0 Å². The van der Waals surface area contributed by atoms with Crippen molar-refractivity contribution in [1.82, 2.24) is 4.90 Å². The smallest absolute Gasteiger partial charge is 0.305 e. The van der Waals surface area contributed by atoms with E-state index < -0.39 is 5.97 Å². The average Bonchev–Trinajstić information content (AvgIpc) is 2.20. The molecule has 80 valence electrons. The minimum Gasteiger partial charge on any atom is -0.481 e. The fourth-order valence-electron chi connectivity index (χ4n) is 1.96. The van der Waals surface area contributed by atoms with Crippen molar-refractivity contribution in [3.8, 4) is 0 Å². The van der Waals surface area contributed by atoms with Crippen LogP contribution in [0.4, 0.5) is 0 Å². The number of nitrogens with zero attached hydrogens (tertiary/aromatic N) is 1. The van der Waals surface area contributed by atoms with Crippen molar-refractivity contribution in [2.45, 2.75) is 44.6 Å². The summed E-state index contributed by atoms with van der Waals surface area (Å²) in [5.41, 5.74) is 0. The molecule has 4 heteroatoms. The molecule has 0 heterocycles. The van der Waals surface area contributed by atoms with Gasteiger partial charge in [0.05, 0.1) is 6.42 Å². The van der Waals surface area contributed by atoms with E-state index in [1.165, 1.54) is 6.42 Å². The molecule has 0 atom stereocenters. The van der Waals surface area contributed by atoms with Crippen molar-refractivity contribution in [3.05, 3.63) is 0 Å². The van der Waals surface area contributed by atoms with Crippen molar-refractivity contribution in [3.63, 3.8) is 0 Å². The fourth-order valence-corrected chi connectivity index (χ4v) is 1.96. The standard InChI is InChI=1S/C10H17NO3/c12-8-11(7-6-10(13)14)9-4-2-1-3-5-9/h8-9H,1-7H2,(H,13,14). The molecule has 0 unspecified atom stereocenters. The van der Waals surface area contributed by atoms with Crippen LogP contribution in [0, 0.1) is 0 Å². The zero-order valence-electron chi connectivity index (χ0n) is 8.32. The van der Waals surface area contributed by atoms with Crippen LogP contribution in [-0.2, 0) is 9.59 Å². The molecule has 1 aliphatic carbocycles. The Balaban J connectivity index is 2.35. The lowest BCUT2D eigenvalue weighted by atomic mass is 9.94. The molecule has 0 spiro atoms. The molecule has 1 fully saturated rings. The van der Waals surface area contributed by atoms with Gasteiger partial charge in [0.2, 0.25) is 6.41 Å². The molecule has 1 amide bonds. The van der Waals surface area contributed by atoms with E-state index in [1.54, 1.807) is 4.90 Å². The van der Waals surface area contributed by atoms with Crippen molar-refractivity contribution >= 4 is 12.4 Å². The van der Waals surface area contributed by atoms with Crippen LogP contribution in [0.3, 0.4) is 0 Å². The number of carboxylic acids is 1. The second-order valence-electron chi connectivity index (χ2n) is 3.78. The first kappa shape index (κ1) is 11.0. The Kier molecular flexibility index (Phi) is 4.43. The molecule has 14 heavy (non-hydrogen) atoms. The van der Waals surface area contributed by atoms with E-state index in [9.17, 15) is 9.59 Å². The van der Waals surface area contributed by atoms with Crippen molar-refractivity contribution in [2.75, 3.05) is 6.54 Å². The molecule has 4 nitrogen and oxygen atoms in total. The van der Waals surface area contributed by atoms with Gasteiger partial charge in [0, 0.05) is 12.6 Å². The van der Waals surface area contributed by atoms with Gasteiger partial charge in [-0.15, -0.1) is 0 Å². The van der Waals surface area contributed by atoms with Crippen molar-refractivity contribution in [2.24, 2.45) is 0 Å². The summed E-state index contributed by atoms with van der Waals surface area (Å²) in [5.74, 6) is -0.840. The minimum absolute atomic E-state index is 0.0508. The first-order valence-electron chi connectivity index (χ1n) is 5.17. The first-order valence-corrected chi connectivity index (χ1v) is 5.17. The summed E-state index contributed by atoms with van der Waals surface area (Å²) >= 11 is 0. The van der Waals surface area contributed by atoms with Crippen molar-refractivity contribution in [1.29, 1.82) is 0 Å². The Bertz CT molecular complexity index is 200. The third-order valence-corrected chi connectivity index (χ3v) is 2.76. The molecule has 0 bridgehead atoms. The lowest BCUT2D eigenvalue weighted by Crippen LogP contribution is -2.37. The quantitative estimate of drug-likeness (QED) is 0.678. The van der Waals surface area contributed by atoms with E-state index in [4.69, 9.17) is 5.11 Å². The molecule has 1 N–H and O–H groups in total. The molecule has 0 aliphatic heterocycles. The average molecular weight is 199 g/mol. The number of aliphatic carboxylic acids is 1. The van der Waals surface area contributed by atoms with Gasteiger partial charge < -0.3 is 10.0 Å². The van der Waals surface area contributed by atoms with Crippen molar-refractivity contribution < 1.29 is 14.7 Å². The lowest BCUT2D eigenvalue weighted by Gasteiger charge is -2.30. The SMILES string of the molecule is O=CN(CCC(=O)O)C1CCCCC1. The van der Waals surface area contributed by atoms with Crippen LogP contribution < -0.4 is 0 Å². The Morgan fingerprint density at radius 2 is 2.00 bits per heavy atom. The normalized spacial score (nSPS) is 17.7. The molecule has 0 radical (unpaired) electrons. The zero-order chi connectivity index (χ0) is 10.4. The maximum Gasteiger partial charge on any atom is 0.305 e. The Hall–Kier alpha value is -1.06. The van der Waals surface area contributed by atoms with E-state index in [0.717, 1.165) is 32.1 Å². The predicted octanol–water partition coefficient (Wildman–Crippen LogP) is 1.25. The zero-order valence-corrected chi connectivity index (χ0v) is 8.32. The molecule has 1 aliphatic rings. The van der Waals surface area contributed by atoms with Gasteiger partial charge in [-0.25, -0.2) is 0 Å². The Morgan fingerprint density at radius 3 is 2.50 bits per heavy atom. The highest BCUT2D eigenvalue weighted by Crippen LogP contribution is 2.21. The summed E-state index contributed by atoms with van der Waals surface area (Å²) in [6.07, 6.45) is 6.44. The van der Waals surface area contributed by atoms with Gasteiger partial charge in [0.1, 0.15) is 0 Å². The van der Waals surface area contributed by atoms with Gasteiger partial charge in [-0.3, -0.25) is 9.59 Å². The number of carbonyl (C=O) groups excluding carboxylic acids is 1. The minimum atomic E-state index is -0.840. The Morgan fingerprint density at radius 1 is 1.36 bits per heavy atom. The third-order valence-electron chi connectivity index (χ3n) is 2.76. The number of rotatable bonds is 5. The molecule has 0 aromatic rings. The van der Waals surface area contributed by atoms with E-state index >= 15 is 0 Å². The second kappa shape index (κ2) is 5.62. The van der Waals surface area contributed by atoms with Crippen LogP contribution in [0.15, 0.2) is 0 Å². The maximum absolute atomic E-state index is 10.7. The predicted molar refractivity (Wildman–Crippen MR) is 51.9 cm³/mol. The van der Waals surface area contributed by atoms with Gasteiger partial charge in [0.25, 0.3) is 0 Å². The van der Waals surface area contributed by atoms with Gasteiger partial charge in [0.15, 0.2) is 0 Å². The summed E-state index contributed by atoms with van der Waals surface area (Å²) in [6.45, 7) is 0.351. The van der Waals surface area contributed by atoms with Gasteiger partial charge in [-0.1, -0.05) is 19.3 Å². The van der Waals surface area contributed by atoms with Crippen LogP contribution in [0.25, 0.3) is 0 Å². The molecule has 0 saturated heterocycles. The summed E-state index contributed by atoms with van der Waals surface area (Å²) in [5, 5.41) is 8.51. The molecular formula is C10H17NO3. The first-order chi connectivity index (χ1) is 6.74. The lowest BCUT2D eigenvalue weighted by molar-refractivity contribution is -0.137. The summed E-state index contributed by atoms with van der Waals surface area (Å²) in [6, 6.07) is 0.278. The highest BCUT2D eigenvalue weighted by Gasteiger charge is 2.19. The van der Waals surface area contributed by atoms with Crippen LogP contribution in [0.5, 0.6) is 0 Å². The molecule has 1 rings (SSSR count). The highest BCUT2D eigenvalue weighted by molar-refractivity contribution is 5.67. The van der Waals surface area contributed by atoms with Gasteiger partial charge >= 0.3 is 5.97 Å². The number of hydrogen-bond donors (Lipinski definition) is 1. The third kappa shape index (κ3) is 3.36. The fraction of sp³-hybridized carbons (Fsp3) is 0.800. The van der Waals surface area contributed by atoms with E-state index in [0.29, 0.717) is 6.54 Å². The topological polar surface area (TPSA) is 57.6 Å². The van der Waals surface area contributed by atoms with E-state index in [1.807, 2.05) is 0 Å². The summed E-state index contributed by atoms with van der Waals surface area (Å²) in [4.78, 5) is 22.8. The molecule has 1 saturated carbocycles. The number of hydrogen-bond acceptors (Lipinski definition) is 2. The van der Waals surface area contributed by atoms with Crippen LogP contribution in [0.1, 0.15) is 38.5 Å². The Labute approximate surface area is 83.9 Å². The van der Waals surface area contributed by atoms with Crippen LogP contribution >= 0.6 is 0 Å². The summed E-state index contributed by atoms with van der Waals surface area (Å²) in [7, 11) is 0. The monoisotopic (exact) mass is 199 g/mol. The second-order valence-corrected chi connectivity index (χ2v) is 3.78. The number of carboxylic acid groups (broad SMARTS) is 1. The van der Waals surface area contributed by atoms with Gasteiger partial charge in [-0.05, 0) is 12.8 Å². The summed E-state index contributed by atoms with van der Waals surface area (Å²) < 4.78 is 0. The van der Waals surface area contributed by atoms with E-state index in [-0.39, 0.29) is 12.5 Å². The van der Waals surface area contributed by atoms with Crippen LogP contribution in [0.2, 0.25) is 0 Å². The highest BCUT2D eigenvalue weighted by atomic mass is 16.4. The maximum atomic E-state index is 10.7. The molecule has 0 aromatic carbocycles. The molecular weight excluding hydrogens is 182 g/mol. The number of amides is 1. The number of carbonyl (C=O) groups is 2. The van der Waals surface area contributed by atoms with Crippen LogP contribution in [-0.4, -0.2) is 35.0 Å². The molecule has 0 aromatic heterocycles. The largest absolute Gasteiger partial charge is 0.481 e. The van der Waals surface area contributed by atoms with Gasteiger partial charge in [-0.2, -0.15) is 0 Å².